The number of aromatic amines is 1. The summed E-state index contributed by atoms with van der Waals surface area (Å²) in [6.45, 7) is 3.97. The quantitative estimate of drug-likeness (QED) is 0.832. The first-order valence-electron chi connectivity index (χ1n) is 7.03. The van der Waals surface area contributed by atoms with Crippen molar-refractivity contribution in [2.45, 2.75) is 25.7 Å². The molecule has 0 aliphatic carbocycles. The molecule has 0 bridgehead atoms. The van der Waals surface area contributed by atoms with Crippen LogP contribution in [-0.2, 0) is 0 Å². The molecule has 104 valence electrons. The molecule has 1 aromatic rings. The number of rotatable bonds is 1. The summed E-state index contributed by atoms with van der Waals surface area (Å²) in [4.78, 5) is 17.6. The predicted octanol–water partition coefficient (Wildman–Crippen LogP) is 2.38. The largest absolute Gasteiger partial charge is 0.356 e. The van der Waals surface area contributed by atoms with E-state index in [-0.39, 0.29) is 5.91 Å². The fourth-order valence-corrected chi connectivity index (χ4v) is 3.77. The maximum absolute atomic E-state index is 12.5. The molecule has 5 heteroatoms. The van der Waals surface area contributed by atoms with E-state index in [2.05, 4.69) is 26.2 Å². The molecule has 3 heterocycles. The molecule has 2 fully saturated rings. The summed E-state index contributed by atoms with van der Waals surface area (Å²) < 4.78 is 0.932. The van der Waals surface area contributed by atoms with Gasteiger partial charge in [0.1, 0.15) is 5.69 Å². The highest BCUT2D eigenvalue weighted by molar-refractivity contribution is 9.10. The monoisotopic (exact) mass is 325 g/mol. The van der Waals surface area contributed by atoms with E-state index in [9.17, 15) is 4.79 Å². The highest BCUT2D eigenvalue weighted by Crippen LogP contribution is 2.36. The highest BCUT2D eigenvalue weighted by Gasteiger charge is 2.38. The fourth-order valence-electron chi connectivity index (χ4n) is 3.42. The van der Waals surface area contributed by atoms with Crippen LogP contribution in [0.4, 0.5) is 0 Å². The zero-order valence-corrected chi connectivity index (χ0v) is 12.6. The molecule has 1 amide bonds. The average Bonchev–Trinajstić information content (AvgIpc) is 2.85. The summed E-state index contributed by atoms with van der Waals surface area (Å²) in [6.07, 6.45) is 6.66. The van der Waals surface area contributed by atoms with Gasteiger partial charge in [-0.2, -0.15) is 0 Å². The Hall–Kier alpha value is -0.810. The van der Waals surface area contributed by atoms with E-state index in [1.54, 1.807) is 0 Å². The Morgan fingerprint density at radius 1 is 1.37 bits per heavy atom. The number of hydrogen-bond donors (Lipinski definition) is 2. The minimum atomic E-state index is 0.135. The van der Waals surface area contributed by atoms with Crippen LogP contribution in [0.5, 0.6) is 0 Å². The van der Waals surface area contributed by atoms with E-state index in [1.165, 1.54) is 19.3 Å². The summed E-state index contributed by atoms with van der Waals surface area (Å²) in [5.74, 6) is 0.135. The van der Waals surface area contributed by atoms with Gasteiger partial charge in [0.2, 0.25) is 0 Å². The van der Waals surface area contributed by atoms with Crippen LogP contribution in [0.2, 0.25) is 0 Å². The van der Waals surface area contributed by atoms with Gasteiger partial charge in [0.25, 0.3) is 5.91 Å². The number of carbonyl (C=O) groups is 1. The van der Waals surface area contributed by atoms with Gasteiger partial charge in [-0.05, 0) is 54.2 Å². The van der Waals surface area contributed by atoms with E-state index in [0.717, 1.165) is 37.1 Å². The first kappa shape index (κ1) is 13.2. The SMILES string of the molecule is O=C(c1cc(Br)c[nH]1)N1CCCC2(CCCNC2)C1. The molecule has 2 N–H and O–H groups in total. The number of H-pyrrole nitrogens is 1. The van der Waals surface area contributed by atoms with Gasteiger partial charge in [-0.15, -0.1) is 0 Å². The van der Waals surface area contributed by atoms with Crippen LogP contribution in [-0.4, -0.2) is 42.0 Å². The van der Waals surface area contributed by atoms with Crippen LogP contribution in [0.15, 0.2) is 16.7 Å². The molecule has 4 nitrogen and oxygen atoms in total. The number of hydrogen-bond acceptors (Lipinski definition) is 2. The third-order valence-electron chi connectivity index (χ3n) is 4.39. The van der Waals surface area contributed by atoms with Gasteiger partial charge in [-0.3, -0.25) is 4.79 Å². The Kier molecular flexibility index (Phi) is 3.67. The molecule has 3 rings (SSSR count). The number of halogens is 1. The minimum Gasteiger partial charge on any atom is -0.356 e. The van der Waals surface area contributed by atoms with Crippen molar-refractivity contribution in [2.75, 3.05) is 26.2 Å². The third-order valence-corrected chi connectivity index (χ3v) is 4.85. The van der Waals surface area contributed by atoms with Crippen LogP contribution >= 0.6 is 15.9 Å². The first-order valence-corrected chi connectivity index (χ1v) is 7.82. The molecule has 2 aliphatic rings. The molecule has 1 aromatic heterocycles. The number of carbonyl (C=O) groups excluding carboxylic acids is 1. The van der Waals surface area contributed by atoms with Gasteiger partial charge in [-0.25, -0.2) is 0 Å². The Bertz CT molecular complexity index is 460. The van der Waals surface area contributed by atoms with Gasteiger partial charge in [0.05, 0.1) is 0 Å². The molecule has 2 aliphatic heterocycles. The molecule has 19 heavy (non-hydrogen) atoms. The maximum Gasteiger partial charge on any atom is 0.270 e. The molecular weight excluding hydrogens is 306 g/mol. The summed E-state index contributed by atoms with van der Waals surface area (Å²) in [5, 5.41) is 3.50. The van der Waals surface area contributed by atoms with Crippen LogP contribution in [0.25, 0.3) is 0 Å². The number of aromatic nitrogens is 1. The standard InChI is InChI=1S/C14H20BrN3O/c15-11-7-12(17-8-11)13(19)18-6-2-4-14(10-18)3-1-5-16-9-14/h7-8,16-17H,1-6,9-10H2. The van der Waals surface area contributed by atoms with Gasteiger partial charge in [-0.1, -0.05) is 0 Å². The van der Waals surface area contributed by atoms with E-state index >= 15 is 0 Å². The second kappa shape index (κ2) is 5.29. The Labute approximate surface area is 122 Å². The molecule has 1 atom stereocenters. The molecule has 0 radical (unpaired) electrons. The molecule has 0 saturated carbocycles. The van der Waals surface area contributed by atoms with Crippen molar-refractivity contribution in [3.05, 3.63) is 22.4 Å². The summed E-state index contributed by atoms with van der Waals surface area (Å²) >= 11 is 3.38. The second-order valence-corrected chi connectivity index (χ2v) is 6.76. The number of nitrogens with zero attached hydrogens (tertiary/aromatic N) is 1. The lowest BCUT2D eigenvalue weighted by atomic mass is 9.74. The van der Waals surface area contributed by atoms with E-state index in [0.29, 0.717) is 11.1 Å². The fraction of sp³-hybridized carbons (Fsp3) is 0.643. The average molecular weight is 326 g/mol. The highest BCUT2D eigenvalue weighted by atomic mass is 79.9. The van der Waals surface area contributed by atoms with Crippen molar-refractivity contribution in [3.8, 4) is 0 Å². The van der Waals surface area contributed by atoms with Gasteiger partial charge < -0.3 is 15.2 Å². The van der Waals surface area contributed by atoms with Crippen molar-refractivity contribution in [1.82, 2.24) is 15.2 Å². The molecule has 2 saturated heterocycles. The number of amides is 1. The number of likely N-dealkylation sites (tertiary alicyclic amines) is 1. The third kappa shape index (κ3) is 2.72. The zero-order chi connectivity index (χ0) is 13.3. The van der Waals surface area contributed by atoms with Crippen molar-refractivity contribution in [3.63, 3.8) is 0 Å². The van der Waals surface area contributed by atoms with Gasteiger partial charge in [0.15, 0.2) is 0 Å². The van der Waals surface area contributed by atoms with E-state index in [1.807, 2.05) is 17.2 Å². The lowest BCUT2D eigenvalue weighted by molar-refractivity contribution is 0.0429. The Morgan fingerprint density at radius 3 is 2.89 bits per heavy atom. The van der Waals surface area contributed by atoms with Crippen molar-refractivity contribution in [1.29, 1.82) is 0 Å². The molecule has 0 aromatic carbocycles. The normalized spacial score (nSPS) is 27.7. The summed E-state index contributed by atoms with van der Waals surface area (Å²) in [5.41, 5.74) is 1.00. The Balaban J connectivity index is 1.72. The lowest BCUT2D eigenvalue weighted by Crippen LogP contribution is -2.52. The van der Waals surface area contributed by atoms with Gasteiger partial charge >= 0.3 is 0 Å². The minimum absolute atomic E-state index is 0.135. The Morgan fingerprint density at radius 2 is 2.21 bits per heavy atom. The van der Waals surface area contributed by atoms with Crippen LogP contribution < -0.4 is 5.32 Å². The maximum atomic E-state index is 12.5. The van der Waals surface area contributed by atoms with Crippen molar-refractivity contribution >= 4 is 21.8 Å². The van der Waals surface area contributed by atoms with Crippen LogP contribution in [0.3, 0.4) is 0 Å². The molecular formula is C14H20BrN3O. The molecule has 1 unspecified atom stereocenters. The van der Waals surface area contributed by atoms with Crippen LogP contribution in [0.1, 0.15) is 36.2 Å². The lowest BCUT2D eigenvalue weighted by Gasteiger charge is -2.45. The van der Waals surface area contributed by atoms with Crippen molar-refractivity contribution in [2.24, 2.45) is 5.41 Å². The predicted molar refractivity (Wildman–Crippen MR) is 78.2 cm³/mol. The van der Waals surface area contributed by atoms with E-state index < -0.39 is 0 Å². The van der Waals surface area contributed by atoms with Crippen molar-refractivity contribution < 1.29 is 4.79 Å². The summed E-state index contributed by atoms with van der Waals surface area (Å²) in [6, 6.07) is 1.86. The molecule has 1 spiro atoms. The summed E-state index contributed by atoms with van der Waals surface area (Å²) in [7, 11) is 0. The van der Waals surface area contributed by atoms with Crippen LogP contribution in [0, 0.1) is 5.41 Å². The number of piperidine rings is 2. The van der Waals surface area contributed by atoms with E-state index in [4.69, 9.17) is 0 Å². The smallest absolute Gasteiger partial charge is 0.270 e. The number of nitrogens with one attached hydrogen (secondary N) is 2. The second-order valence-electron chi connectivity index (χ2n) is 5.84. The van der Waals surface area contributed by atoms with Gasteiger partial charge in [0, 0.05) is 35.7 Å². The topological polar surface area (TPSA) is 48.1 Å². The zero-order valence-electron chi connectivity index (χ0n) is 11.0. The first-order chi connectivity index (χ1) is 9.19.